The summed E-state index contributed by atoms with van der Waals surface area (Å²) in [6.45, 7) is 6.23. The van der Waals surface area contributed by atoms with E-state index in [1.165, 1.54) is 11.3 Å². The van der Waals surface area contributed by atoms with E-state index in [0.29, 0.717) is 6.54 Å². The van der Waals surface area contributed by atoms with E-state index in [4.69, 9.17) is 11.5 Å². The van der Waals surface area contributed by atoms with Gasteiger partial charge in [-0.2, -0.15) is 0 Å². The van der Waals surface area contributed by atoms with Gasteiger partial charge in [0, 0.05) is 11.4 Å². The second-order valence-corrected chi connectivity index (χ2v) is 5.29. The second-order valence-electron chi connectivity index (χ2n) is 4.40. The number of carbonyl (C=O) groups excluding carboxylic acids is 1. The third-order valence-corrected chi connectivity index (χ3v) is 4.31. The van der Waals surface area contributed by atoms with Gasteiger partial charge >= 0.3 is 0 Å². The van der Waals surface area contributed by atoms with Crippen molar-refractivity contribution < 1.29 is 4.79 Å². The van der Waals surface area contributed by atoms with Crippen molar-refractivity contribution in [2.24, 2.45) is 17.4 Å². The van der Waals surface area contributed by atoms with Gasteiger partial charge in [-0.05, 0) is 12.8 Å². The Kier molecular flexibility index (Phi) is 5.24. The predicted octanol–water partition coefficient (Wildman–Crippen LogP) is 1.44. The van der Waals surface area contributed by atoms with Crippen molar-refractivity contribution in [3.8, 4) is 0 Å². The molecule has 0 aliphatic carbocycles. The average molecular weight is 255 g/mol. The highest BCUT2D eigenvalue weighted by atomic mass is 32.1. The molecule has 0 aromatic carbocycles. The summed E-state index contributed by atoms with van der Waals surface area (Å²) in [5.74, 6) is -0.0783. The molecule has 3 atom stereocenters. The van der Waals surface area contributed by atoms with E-state index in [9.17, 15) is 4.79 Å². The maximum absolute atomic E-state index is 12.3. The highest BCUT2D eigenvalue weighted by Gasteiger charge is 2.29. The quantitative estimate of drug-likeness (QED) is 0.805. The molecule has 0 radical (unpaired) electrons. The molecule has 17 heavy (non-hydrogen) atoms. The minimum Gasteiger partial charge on any atom is -0.329 e. The fraction of sp³-hybridized carbons (Fsp3) is 0.667. The van der Waals surface area contributed by atoms with E-state index in [2.05, 4.69) is 4.98 Å². The molecule has 0 aliphatic heterocycles. The zero-order valence-electron chi connectivity index (χ0n) is 10.6. The molecule has 96 valence electrons. The fourth-order valence-corrected chi connectivity index (χ4v) is 2.69. The topological polar surface area (TPSA) is 82.0 Å². The van der Waals surface area contributed by atoms with Crippen LogP contribution in [-0.2, 0) is 4.79 Å². The first-order valence-corrected chi connectivity index (χ1v) is 6.80. The highest BCUT2D eigenvalue weighted by Crippen LogP contribution is 2.26. The van der Waals surface area contributed by atoms with Crippen LogP contribution < -0.4 is 11.5 Å². The predicted molar refractivity (Wildman–Crippen MR) is 71.1 cm³/mol. The number of aromatic nitrogens is 1. The Hall–Kier alpha value is -0.780. The SMILES string of the molecule is CC[C@H](C)[C@H](N)C(=O)C(CN)c1scnc1C. The number of rotatable bonds is 6. The number of Topliss-reactive ketones (excluding diaryl/α,β-unsaturated/α-hetero) is 1. The molecular formula is C12H21N3OS. The number of aryl methyl sites for hydroxylation is 1. The van der Waals surface area contributed by atoms with Crippen LogP contribution in [0.4, 0.5) is 0 Å². The molecule has 1 aromatic heterocycles. The number of ketones is 1. The molecular weight excluding hydrogens is 234 g/mol. The molecule has 0 spiro atoms. The van der Waals surface area contributed by atoms with Crippen molar-refractivity contribution in [1.29, 1.82) is 0 Å². The Morgan fingerprint density at radius 2 is 2.24 bits per heavy atom. The zero-order chi connectivity index (χ0) is 13.0. The molecule has 1 aromatic rings. The molecule has 0 saturated carbocycles. The van der Waals surface area contributed by atoms with Crippen LogP contribution in [0.25, 0.3) is 0 Å². The van der Waals surface area contributed by atoms with Crippen LogP contribution in [0.2, 0.25) is 0 Å². The van der Waals surface area contributed by atoms with Crippen LogP contribution in [-0.4, -0.2) is 23.4 Å². The molecule has 0 amide bonds. The number of hydrogen-bond donors (Lipinski definition) is 2. The Bertz CT molecular complexity index is 378. The number of nitrogens with two attached hydrogens (primary N) is 2. The smallest absolute Gasteiger partial charge is 0.159 e. The number of hydrogen-bond acceptors (Lipinski definition) is 5. The van der Waals surface area contributed by atoms with Crippen molar-refractivity contribution in [3.05, 3.63) is 16.1 Å². The van der Waals surface area contributed by atoms with E-state index in [1.54, 1.807) is 5.51 Å². The van der Waals surface area contributed by atoms with Crippen LogP contribution in [0.3, 0.4) is 0 Å². The molecule has 0 saturated heterocycles. The van der Waals surface area contributed by atoms with E-state index < -0.39 is 6.04 Å². The molecule has 4 N–H and O–H groups in total. The summed E-state index contributed by atoms with van der Waals surface area (Å²) in [5.41, 5.74) is 14.3. The molecule has 4 nitrogen and oxygen atoms in total. The number of nitrogens with zero attached hydrogens (tertiary/aromatic N) is 1. The van der Waals surface area contributed by atoms with Crippen LogP contribution in [0.5, 0.6) is 0 Å². The van der Waals surface area contributed by atoms with E-state index in [0.717, 1.165) is 17.0 Å². The lowest BCUT2D eigenvalue weighted by Gasteiger charge is -2.22. The average Bonchev–Trinajstić information content (AvgIpc) is 2.74. The summed E-state index contributed by atoms with van der Waals surface area (Å²) < 4.78 is 0. The summed E-state index contributed by atoms with van der Waals surface area (Å²) in [6, 6.07) is -0.435. The van der Waals surface area contributed by atoms with Crippen molar-refractivity contribution in [2.45, 2.75) is 39.2 Å². The maximum atomic E-state index is 12.3. The van der Waals surface area contributed by atoms with Crippen LogP contribution in [0, 0.1) is 12.8 Å². The summed E-state index contributed by atoms with van der Waals surface area (Å²) in [7, 11) is 0. The fourth-order valence-electron chi connectivity index (χ4n) is 1.76. The van der Waals surface area contributed by atoms with Crippen LogP contribution >= 0.6 is 11.3 Å². The van der Waals surface area contributed by atoms with Gasteiger partial charge in [-0.25, -0.2) is 4.98 Å². The monoisotopic (exact) mass is 255 g/mol. The first-order chi connectivity index (χ1) is 8.02. The molecule has 1 heterocycles. The molecule has 0 fully saturated rings. The van der Waals surface area contributed by atoms with Gasteiger partial charge in [-0.1, -0.05) is 20.3 Å². The highest BCUT2D eigenvalue weighted by molar-refractivity contribution is 7.10. The standard InChI is InChI=1S/C12H21N3OS/c1-4-7(2)10(14)11(16)9(5-13)12-8(3)15-6-17-12/h6-7,9-10H,4-5,13-14H2,1-3H3/t7-,9?,10-/m0/s1. The van der Waals surface area contributed by atoms with Crippen LogP contribution in [0.1, 0.15) is 36.8 Å². The number of carbonyl (C=O) groups is 1. The number of thiazole rings is 1. The normalized spacial score (nSPS) is 16.5. The van der Waals surface area contributed by atoms with E-state index >= 15 is 0 Å². The zero-order valence-corrected chi connectivity index (χ0v) is 11.5. The van der Waals surface area contributed by atoms with Crippen molar-refractivity contribution in [3.63, 3.8) is 0 Å². The third kappa shape index (κ3) is 3.12. The molecule has 0 aliphatic rings. The van der Waals surface area contributed by atoms with Crippen molar-refractivity contribution in [1.82, 2.24) is 4.98 Å². The molecule has 1 rings (SSSR count). The van der Waals surface area contributed by atoms with Crippen LogP contribution in [0.15, 0.2) is 5.51 Å². The van der Waals surface area contributed by atoms with E-state index in [1.807, 2.05) is 20.8 Å². The summed E-state index contributed by atoms with van der Waals surface area (Å²) in [6.07, 6.45) is 0.895. The van der Waals surface area contributed by atoms with Gasteiger partial charge in [0.25, 0.3) is 0 Å². The summed E-state index contributed by atoms with van der Waals surface area (Å²) in [4.78, 5) is 17.4. The lowest BCUT2D eigenvalue weighted by molar-refractivity contribution is -0.122. The van der Waals surface area contributed by atoms with Gasteiger partial charge in [-0.3, -0.25) is 4.79 Å². The molecule has 5 heteroatoms. The van der Waals surface area contributed by atoms with Gasteiger partial charge in [0.15, 0.2) is 5.78 Å². The van der Waals surface area contributed by atoms with Gasteiger partial charge in [-0.15, -0.1) is 11.3 Å². The Morgan fingerprint density at radius 3 is 2.65 bits per heavy atom. The van der Waals surface area contributed by atoms with Gasteiger partial charge < -0.3 is 11.5 Å². The van der Waals surface area contributed by atoms with Crippen molar-refractivity contribution in [2.75, 3.05) is 6.54 Å². The van der Waals surface area contributed by atoms with Gasteiger partial charge in [0.1, 0.15) is 0 Å². The lowest BCUT2D eigenvalue weighted by atomic mass is 9.88. The Morgan fingerprint density at radius 1 is 1.59 bits per heavy atom. The second kappa shape index (κ2) is 6.23. The summed E-state index contributed by atoms with van der Waals surface area (Å²) in [5, 5.41) is 0. The lowest BCUT2D eigenvalue weighted by Crippen LogP contribution is -2.41. The Labute approximate surface area is 106 Å². The maximum Gasteiger partial charge on any atom is 0.159 e. The largest absolute Gasteiger partial charge is 0.329 e. The Balaban J connectivity index is 2.89. The minimum absolute atomic E-state index is 0.0363. The summed E-state index contributed by atoms with van der Waals surface area (Å²) >= 11 is 1.48. The third-order valence-electron chi connectivity index (χ3n) is 3.26. The first kappa shape index (κ1) is 14.3. The minimum atomic E-state index is -0.435. The molecule has 0 bridgehead atoms. The van der Waals surface area contributed by atoms with Crippen molar-refractivity contribution >= 4 is 17.1 Å². The molecule has 1 unspecified atom stereocenters. The van der Waals surface area contributed by atoms with Gasteiger partial charge in [0.05, 0.1) is 23.2 Å². The van der Waals surface area contributed by atoms with E-state index in [-0.39, 0.29) is 17.6 Å². The first-order valence-electron chi connectivity index (χ1n) is 5.92. The van der Waals surface area contributed by atoms with Gasteiger partial charge in [0.2, 0.25) is 0 Å².